The first-order chi connectivity index (χ1) is 4.48. The maximum absolute atomic E-state index is 10.9. The number of hydrogen-bond donors (Lipinski definition) is 1. The van der Waals surface area contributed by atoms with Crippen molar-refractivity contribution in [2.24, 2.45) is 5.41 Å². The van der Waals surface area contributed by atoms with Crippen molar-refractivity contribution < 1.29 is 9.90 Å². The summed E-state index contributed by atoms with van der Waals surface area (Å²) in [5.41, 5.74) is -0.415. The molecule has 0 radical (unpaired) electrons. The van der Waals surface area contributed by atoms with Crippen LogP contribution in [0.15, 0.2) is 0 Å². The highest BCUT2D eigenvalue weighted by Crippen LogP contribution is 2.12. The second-order valence-electron chi connectivity index (χ2n) is 3.04. The van der Waals surface area contributed by atoms with Crippen molar-refractivity contribution in [1.29, 1.82) is 0 Å². The minimum atomic E-state index is -0.415. The van der Waals surface area contributed by atoms with Crippen LogP contribution in [0.3, 0.4) is 0 Å². The summed E-state index contributed by atoms with van der Waals surface area (Å²) in [6.07, 6.45) is 0. The zero-order chi connectivity index (χ0) is 8.20. The minimum absolute atomic E-state index is 0.137. The van der Waals surface area contributed by atoms with Crippen LogP contribution in [0.2, 0.25) is 0 Å². The van der Waals surface area contributed by atoms with Crippen LogP contribution in [0.25, 0.3) is 0 Å². The summed E-state index contributed by atoms with van der Waals surface area (Å²) in [5.74, 6) is 4.51. The molecular formula is C8H12O2. The molecule has 0 aromatic rings. The molecule has 0 aliphatic carbocycles. The van der Waals surface area contributed by atoms with Gasteiger partial charge in [-0.3, -0.25) is 4.79 Å². The van der Waals surface area contributed by atoms with Crippen molar-refractivity contribution in [3.63, 3.8) is 0 Å². The third-order valence-corrected chi connectivity index (χ3v) is 0.962. The van der Waals surface area contributed by atoms with Gasteiger partial charge in [-0.15, -0.1) is 0 Å². The van der Waals surface area contributed by atoms with Crippen LogP contribution in [0.1, 0.15) is 20.8 Å². The molecule has 0 heterocycles. The molecule has 10 heavy (non-hydrogen) atoms. The quantitative estimate of drug-likeness (QED) is 0.395. The molecule has 0 aromatic heterocycles. The molecule has 0 rings (SSSR count). The summed E-state index contributed by atoms with van der Waals surface area (Å²) < 4.78 is 0. The molecule has 0 unspecified atom stereocenters. The van der Waals surface area contributed by atoms with E-state index in [9.17, 15) is 4.79 Å². The van der Waals surface area contributed by atoms with Gasteiger partial charge >= 0.3 is 0 Å². The third-order valence-electron chi connectivity index (χ3n) is 0.962. The predicted octanol–water partition coefficient (Wildman–Crippen LogP) is 0.597. The van der Waals surface area contributed by atoms with Crippen molar-refractivity contribution in [3.05, 3.63) is 0 Å². The van der Waals surface area contributed by atoms with Crippen molar-refractivity contribution in [2.45, 2.75) is 20.8 Å². The summed E-state index contributed by atoms with van der Waals surface area (Å²) in [7, 11) is 0. The Morgan fingerprint density at radius 3 is 2.30 bits per heavy atom. The summed E-state index contributed by atoms with van der Waals surface area (Å²) in [4.78, 5) is 10.9. The van der Waals surface area contributed by atoms with Gasteiger partial charge in [0.2, 0.25) is 5.78 Å². The molecule has 0 atom stereocenters. The molecular weight excluding hydrogens is 128 g/mol. The highest BCUT2D eigenvalue weighted by atomic mass is 16.2. The van der Waals surface area contributed by atoms with Gasteiger partial charge in [-0.05, 0) is 5.92 Å². The smallest absolute Gasteiger partial charge is 0.210 e. The molecule has 0 saturated carbocycles. The summed E-state index contributed by atoms with van der Waals surface area (Å²) >= 11 is 0. The van der Waals surface area contributed by atoms with Crippen LogP contribution in [-0.4, -0.2) is 17.5 Å². The number of Topliss-reactive ketones (excluding diaryl/α,β-unsaturated/α-hetero) is 1. The van der Waals surface area contributed by atoms with Gasteiger partial charge in [-0.25, -0.2) is 0 Å². The Morgan fingerprint density at radius 1 is 1.50 bits per heavy atom. The Kier molecular flexibility index (Phi) is 3.11. The lowest BCUT2D eigenvalue weighted by molar-refractivity contribution is -0.120. The monoisotopic (exact) mass is 140 g/mol. The van der Waals surface area contributed by atoms with E-state index in [1.165, 1.54) is 0 Å². The molecule has 0 saturated heterocycles. The summed E-state index contributed by atoms with van der Waals surface area (Å²) in [6.45, 7) is 5.13. The fraction of sp³-hybridized carbons (Fsp3) is 0.625. The minimum Gasteiger partial charge on any atom is -0.384 e. The van der Waals surface area contributed by atoms with Gasteiger partial charge in [0.15, 0.2) is 0 Å². The molecule has 2 nitrogen and oxygen atoms in total. The molecule has 56 valence electrons. The summed E-state index contributed by atoms with van der Waals surface area (Å²) in [6, 6.07) is 0. The lowest BCUT2D eigenvalue weighted by Crippen LogP contribution is -2.17. The van der Waals surface area contributed by atoms with Crippen LogP contribution < -0.4 is 0 Å². The fourth-order valence-corrected chi connectivity index (χ4v) is 0.307. The normalized spacial score (nSPS) is 10.0. The van der Waals surface area contributed by atoms with E-state index in [1.807, 2.05) is 0 Å². The molecule has 0 spiro atoms. The molecule has 0 aromatic carbocycles. The highest BCUT2D eigenvalue weighted by molar-refractivity contribution is 5.99. The van der Waals surface area contributed by atoms with Gasteiger partial charge in [-0.2, -0.15) is 0 Å². The van der Waals surface area contributed by atoms with Gasteiger partial charge in [0.25, 0.3) is 0 Å². The lowest BCUT2D eigenvalue weighted by atomic mass is 9.91. The Hall–Kier alpha value is -0.810. The number of aliphatic hydroxyl groups is 1. The molecule has 0 aliphatic rings. The van der Waals surface area contributed by atoms with Crippen molar-refractivity contribution >= 4 is 5.78 Å². The SMILES string of the molecule is CC(C)(C)C(=O)C#CCO. The summed E-state index contributed by atoms with van der Waals surface area (Å²) in [5, 5.41) is 8.26. The van der Waals surface area contributed by atoms with Crippen LogP contribution in [0, 0.1) is 17.3 Å². The first kappa shape index (κ1) is 9.19. The Morgan fingerprint density at radius 2 is 2.00 bits per heavy atom. The maximum atomic E-state index is 10.9. The van der Waals surface area contributed by atoms with Gasteiger partial charge in [-0.1, -0.05) is 26.7 Å². The molecule has 1 N–H and O–H groups in total. The molecule has 2 heteroatoms. The van der Waals surface area contributed by atoms with Gasteiger partial charge in [0.05, 0.1) is 0 Å². The zero-order valence-corrected chi connectivity index (χ0v) is 6.56. The largest absolute Gasteiger partial charge is 0.384 e. The van der Waals surface area contributed by atoms with Crippen molar-refractivity contribution in [2.75, 3.05) is 6.61 Å². The molecule has 0 amide bonds. The zero-order valence-electron chi connectivity index (χ0n) is 6.56. The van der Waals surface area contributed by atoms with E-state index in [4.69, 9.17) is 5.11 Å². The first-order valence-electron chi connectivity index (χ1n) is 3.12. The first-order valence-corrected chi connectivity index (χ1v) is 3.12. The Bertz CT molecular complexity index is 176. The van der Waals surface area contributed by atoms with E-state index in [1.54, 1.807) is 20.8 Å². The van der Waals surface area contributed by atoms with E-state index in [0.717, 1.165) is 0 Å². The average Bonchev–Trinajstić information content (AvgIpc) is 1.80. The van der Waals surface area contributed by atoms with Gasteiger partial charge in [0, 0.05) is 5.41 Å². The molecule has 0 bridgehead atoms. The van der Waals surface area contributed by atoms with Crippen LogP contribution in [0.4, 0.5) is 0 Å². The van der Waals surface area contributed by atoms with Crippen LogP contribution in [0.5, 0.6) is 0 Å². The topological polar surface area (TPSA) is 37.3 Å². The fourth-order valence-electron chi connectivity index (χ4n) is 0.307. The number of ketones is 1. The number of carbonyl (C=O) groups excluding carboxylic acids is 1. The molecule has 0 aliphatic heterocycles. The van der Waals surface area contributed by atoms with Crippen LogP contribution >= 0.6 is 0 Å². The average molecular weight is 140 g/mol. The van der Waals surface area contributed by atoms with Gasteiger partial charge < -0.3 is 5.11 Å². The van der Waals surface area contributed by atoms with Crippen molar-refractivity contribution in [3.8, 4) is 11.8 Å². The second-order valence-corrected chi connectivity index (χ2v) is 3.04. The van der Waals surface area contributed by atoms with E-state index in [-0.39, 0.29) is 12.4 Å². The van der Waals surface area contributed by atoms with E-state index < -0.39 is 5.41 Å². The van der Waals surface area contributed by atoms with E-state index in [0.29, 0.717) is 0 Å². The maximum Gasteiger partial charge on any atom is 0.210 e. The van der Waals surface area contributed by atoms with Crippen molar-refractivity contribution in [1.82, 2.24) is 0 Å². The van der Waals surface area contributed by atoms with E-state index in [2.05, 4.69) is 11.8 Å². The Balaban J connectivity index is 4.12. The number of aliphatic hydroxyl groups excluding tert-OH is 1. The van der Waals surface area contributed by atoms with E-state index >= 15 is 0 Å². The lowest BCUT2D eigenvalue weighted by Gasteiger charge is -2.10. The standard InChI is InChI=1S/C8H12O2/c1-8(2,3)7(10)5-4-6-9/h9H,6H2,1-3H3. The number of rotatable bonds is 0. The Labute approximate surface area is 61.2 Å². The number of hydrogen-bond acceptors (Lipinski definition) is 2. The number of carbonyl (C=O) groups is 1. The molecule has 0 fully saturated rings. The second kappa shape index (κ2) is 3.38. The third kappa shape index (κ3) is 3.26. The highest BCUT2D eigenvalue weighted by Gasteiger charge is 2.18. The predicted molar refractivity (Wildman–Crippen MR) is 39.3 cm³/mol. The van der Waals surface area contributed by atoms with Gasteiger partial charge in [0.1, 0.15) is 6.61 Å². The van der Waals surface area contributed by atoms with Crippen LogP contribution in [-0.2, 0) is 4.79 Å².